The molecule has 2 heterocycles. The zero-order chi connectivity index (χ0) is 12.5. The number of rotatable bonds is 3. The van der Waals surface area contributed by atoms with Gasteiger partial charge in [-0.1, -0.05) is 30.3 Å². The predicted molar refractivity (Wildman–Crippen MR) is 73.3 cm³/mol. The molecule has 0 saturated carbocycles. The molecule has 0 aromatic heterocycles. The van der Waals surface area contributed by atoms with E-state index in [2.05, 4.69) is 42.2 Å². The molecule has 4 atom stereocenters. The van der Waals surface area contributed by atoms with Gasteiger partial charge in [0, 0.05) is 24.7 Å². The molecule has 2 fully saturated rings. The van der Waals surface area contributed by atoms with Crippen molar-refractivity contribution < 1.29 is 5.11 Å². The highest BCUT2D eigenvalue weighted by atomic mass is 16.3. The molecule has 0 spiro atoms. The molecule has 0 unspecified atom stereocenters. The first-order valence-electron chi connectivity index (χ1n) is 7.24. The number of aliphatic hydroxyl groups excluding tert-OH is 1. The van der Waals surface area contributed by atoms with Crippen LogP contribution in [0.25, 0.3) is 0 Å². The summed E-state index contributed by atoms with van der Waals surface area (Å²) in [5, 5.41) is 9.55. The Balaban J connectivity index is 1.83. The lowest BCUT2D eigenvalue weighted by Gasteiger charge is -2.43. The van der Waals surface area contributed by atoms with Crippen molar-refractivity contribution in [1.82, 2.24) is 4.90 Å². The van der Waals surface area contributed by atoms with Crippen molar-refractivity contribution in [2.75, 3.05) is 6.61 Å². The van der Waals surface area contributed by atoms with E-state index in [1.165, 1.54) is 31.2 Å². The zero-order valence-electron chi connectivity index (χ0n) is 11.1. The third kappa shape index (κ3) is 1.98. The minimum Gasteiger partial charge on any atom is -0.396 e. The van der Waals surface area contributed by atoms with Crippen LogP contribution in [0.4, 0.5) is 0 Å². The van der Waals surface area contributed by atoms with E-state index in [0.29, 0.717) is 24.6 Å². The number of fused-ring (bicyclic) bond motifs is 2. The number of benzene rings is 1. The van der Waals surface area contributed by atoms with Crippen LogP contribution in [0.15, 0.2) is 30.3 Å². The van der Waals surface area contributed by atoms with Crippen LogP contribution in [-0.2, 0) is 0 Å². The van der Waals surface area contributed by atoms with E-state index in [-0.39, 0.29) is 0 Å². The van der Waals surface area contributed by atoms with E-state index < -0.39 is 0 Å². The van der Waals surface area contributed by atoms with Gasteiger partial charge in [-0.05, 0) is 44.1 Å². The summed E-state index contributed by atoms with van der Waals surface area (Å²) in [5.41, 5.74) is 1.41. The van der Waals surface area contributed by atoms with Crippen LogP contribution in [-0.4, -0.2) is 28.7 Å². The van der Waals surface area contributed by atoms with Gasteiger partial charge in [0.25, 0.3) is 0 Å². The van der Waals surface area contributed by atoms with Crippen molar-refractivity contribution >= 4 is 0 Å². The van der Waals surface area contributed by atoms with E-state index in [9.17, 15) is 5.11 Å². The predicted octanol–water partition coefficient (Wildman–Crippen LogP) is 2.98. The molecule has 18 heavy (non-hydrogen) atoms. The fourth-order valence-corrected chi connectivity index (χ4v) is 4.02. The molecule has 2 bridgehead atoms. The topological polar surface area (TPSA) is 23.5 Å². The third-order valence-corrected chi connectivity index (χ3v) is 4.98. The highest BCUT2D eigenvalue weighted by Crippen LogP contribution is 2.43. The summed E-state index contributed by atoms with van der Waals surface area (Å²) in [6.45, 7) is 2.68. The number of piperidine rings is 1. The summed E-state index contributed by atoms with van der Waals surface area (Å²) in [7, 11) is 0. The molecular formula is C16H23NO. The van der Waals surface area contributed by atoms with Crippen molar-refractivity contribution in [3.63, 3.8) is 0 Å². The monoisotopic (exact) mass is 245 g/mol. The van der Waals surface area contributed by atoms with Gasteiger partial charge in [-0.25, -0.2) is 0 Å². The fraction of sp³-hybridized carbons (Fsp3) is 0.625. The first kappa shape index (κ1) is 12.2. The number of hydrogen-bond acceptors (Lipinski definition) is 2. The summed E-state index contributed by atoms with van der Waals surface area (Å²) in [6, 6.07) is 12.6. The summed E-state index contributed by atoms with van der Waals surface area (Å²) in [6.07, 6.45) is 5.06. The molecule has 0 radical (unpaired) electrons. The molecule has 1 aromatic rings. The van der Waals surface area contributed by atoms with E-state index in [4.69, 9.17) is 0 Å². The normalized spacial score (nSPS) is 33.6. The first-order chi connectivity index (χ1) is 8.81. The van der Waals surface area contributed by atoms with Crippen LogP contribution >= 0.6 is 0 Å². The molecule has 98 valence electrons. The Morgan fingerprint density at radius 3 is 2.61 bits per heavy atom. The minimum atomic E-state index is 0.357. The van der Waals surface area contributed by atoms with Crippen molar-refractivity contribution in [2.24, 2.45) is 5.92 Å². The molecule has 1 aromatic carbocycles. The maximum Gasteiger partial charge on any atom is 0.0474 e. The summed E-state index contributed by atoms with van der Waals surface area (Å²) >= 11 is 0. The number of nitrogens with zero attached hydrogens (tertiary/aromatic N) is 1. The average Bonchev–Trinajstić information content (AvgIpc) is 2.73. The second-order valence-corrected chi connectivity index (χ2v) is 5.85. The molecular weight excluding hydrogens is 222 g/mol. The lowest BCUT2D eigenvalue weighted by atomic mass is 9.88. The Morgan fingerprint density at radius 2 is 1.89 bits per heavy atom. The Morgan fingerprint density at radius 1 is 1.17 bits per heavy atom. The lowest BCUT2D eigenvalue weighted by molar-refractivity contribution is 0.0293. The minimum absolute atomic E-state index is 0.357. The van der Waals surface area contributed by atoms with Gasteiger partial charge in [-0.2, -0.15) is 0 Å². The maximum atomic E-state index is 9.55. The SMILES string of the molecule is C[C@H](c1ccccc1)N1[C@H]2CC[C@@H](CO)[C@@H]1CC2. The van der Waals surface area contributed by atoms with Gasteiger partial charge in [0.15, 0.2) is 0 Å². The van der Waals surface area contributed by atoms with Crippen molar-refractivity contribution in [2.45, 2.75) is 50.7 Å². The van der Waals surface area contributed by atoms with Gasteiger partial charge in [0.05, 0.1) is 0 Å². The highest BCUT2D eigenvalue weighted by molar-refractivity contribution is 5.19. The molecule has 2 aliphatic heterocycles. The van der Waals surface area contributed by atoms with Crippen LogP contribution in [0.1, 0.15) is 44.2 Å². The van der Waals surface area contributed by atoms with Crippen molar-refractivity contribution in [3.8, 4) is 0 Å². The maximum absolute atomic E-state index is 9.55. The summed E-state index contributed by atoms with van der Waals surface area (Å²) in [5.74, 6) is 0.495. The zero-order valence-corrected chi connectivity index (χ0v) is 11.1. The van der Waals surface area contributed by atoms with Crippen molar-refractivity contribution in [3.05, 3.63) is 35.9 Å². The molecule has 1 N–H and O–H groups in total. The van der Waals surface area contributed by atoms with Gasteiger partial charge in [-0.3, -0.25) is 4.90 Å². The molecule has 0 amide bonds. The van der Waals surface area contributed by atoms with Gasteiger partial charge in [-0.15, -0.1) is 0 Å². The molecule has 0 aliphatic carbocycles. The van der Waals surface area contributed by atoms with E-state index in [1.54, 1.807) is 0 Å². The summed E-state index contributed by atoms with van der Waals surface area (Å²) in [4.78, 5) is 2.68. The Hall–Kier alpha value is -0.860. The molecule has 2 saturated heterocycles. The highest BCUT2D eigenvalue weighted by Gasteiger charge is 2.44. The second kappa shape index (κ2) is 5.02. The summed E-state index contributed by atoms with van der Waals surface area (Å²) < 4.78 is 0. The molecule has 2 aliphatic rings. The van der Waals surface area contributed by atoms with Crippen LogP contribution in [0.3, 0.4) is 0 Å². The van der Waals surface area contributed by atoms with Crippen molar-refractivity contribution in [1.29, 1.82) is 0 Å². The first-order valence-corrected chi connectivity index (χ1v) is 7.24. The molecule has 3 rings (SSSR count). The molecule has 2 nitrogen and oxygen atoms in total. The molecule has 2 heteroatoms. The van der Waals surface area contributed by atoms with E-state index in [0.717, 1.165) is 6.04 Å². The second-order valence-electron chi connectivity index (χ2n) is 5.85. The van der Waals surface area contributed by atoms with Gasteiger partial charge in [0.1, 0.15) is 0 Å². The fourth-order valence-electron chi connectivity index (χ4n) is 4.02. The largest absolute Gasteiger partial charge is 0.396 e. The van der Waals surface area contributed by atoms with Gasteiger partial charge < -0.3 is 5.11 Å². The van der Waals surface area contributed by atoms with Crippen LogP contribution in [0, 0.1) is 5.92 Å². The van der Waals surface area contributed by atoms with E-state index in [1.807, 2.05) is 0 Å². The average molecular weight is 245 g/mol. The smallest absolute Gasteiger partial charge is 0.0474 e. The van der Waals surface area contributed by atoms with Crippen LogP contribution in [0.2, 0.25) is 0 Å². The van der Waals surface area contributed by atoms with Gasteiger partial charge in [0.2, 0.25) is 0 Å². The van der Waals surface area contributed by atoms with Crippen LogP contribution in [0.5, 0.6) is 0 Å². The number of hydrogen-bond donors (Lipinski definition) is 1. The Bertz CT molecular complexity index is 391. The standard InChI is InChI=1S/C16H23NO/c1-12(13-5-3-2-4-6-13)17-15-8-7-14(11-18)16(17)10-9-15/h2-6,12,14-16,18H,7-11H2,1H3/t12-,14+,15+,16+/m1/s1. The quantitative estimate of drug-likeness (QED) is 0.885. The Kier molecular flexibility index (Phi) is 3.40. The third-order valence-electron chi connectivity index (χ3n) is 4.98. The van der Waals surface area contributed by atoms with Crippen LogP contribution < -0.4 is 0 Å². The Labute approximate surface area is 110 Å². The van der Waals surface area contributed by atoms with Gasteiger partial charge >= 0.3 is 0 Å². The lowest BCUT2D eigenvalue weighted by Crippen LogP contribution is -2.46. The number of aliphatic hydroxyl groups is 1. The van der Waals surface area contributed by atoms with E-state index >= 15 is 0 Å².